The molecule has 0 saturated carbocycles. The number of hydrogen-bond acceptors (Lipinski definition) is 3. The Bertz CT molecular complexity index is 1410. The Labute approximate surface area is 201 Å². The Morgan fingerprint density at radius 1 is 0.941 bits per heavy atom. The van der Waals surface area contributed by atoms with Gasteiger partial charge < -0.3 is 14.5 Å². The highest BCUT2D eigenvalue weighted by Gasteiger charge is 2.16. The molecule has 1 N–H and O–H groups in total. The van der Waals surface area contributed by atoms with Gasteiger partial charge in [0.1, 0.15) is 11.3 Å². The first-order chi connectivity index (χ1) is 16.3. The van der Waals surface area contributed by atoms with Crippen LogP contribution >= 0.6 is 0 Å². The first kappa shape index (κ1) is 23.4. The van der Waals surface area contributed by atoms with E-state index >= 15 is 0 Å². The lowest BCUT2D eigenvalue weighted by Gasteiger charge is -2.12. The van der Waals surface area contributed by atoms with Gasteiger partial charge in [-0.3, -0.25) is 4.79 Å². The molecular formula is C30H31NO3. The standard InChI is InChI=1S/C30H31NO3/c1-7-33-28-16-29-26(27(17-34-29)24-11-8-18(2)12-21(24)5)15-25(28)22(6)14-30(32)31-23-10-9-19(3)20(4)13-23/h8-17H,7H2,1-6H3,(H,31,32)/b22-14+. The molecule has 174 valence electrons. The molecule has 4 nitrogen and oxygen atoms in total. The summed E-state index contributed by atoms with van der Waals surface area (Å²) in [7, 11) is 0. The fraction of sp³-hybridized carbons (Fsp3) is 0.233. The van der Waals surface area contributed by atoms with Crippen LogP contribution in [-0.2, 0) is 4.79 Å². The van der Waals surface area contributed by atoms with E-state index in [1.165, 1.54) is 16.7 Å². The van der Waals surface area contributed by atoms with Crippen molar-refractivity contribution in [3.8, 4) is 16.9 Å². The highest BCUT2D eigenvalue weighted by molar-refractivity contribution is 6.05. The number of ether oxygens (including phenoxy) is 1. The lowest BCUT2D eigenvalue weighted by atomic mass is 9.96. The Balaban J connectivity index is 1.74. The molecule has 0 radical (unpaired) electrons. The van der Waals surface area contributed by atoms with E-state index in [9.17, 15) is 4.79 Å². The third-order valence-corrected chi connectivity index (χ3v) is 6.19. The van der Waals surface area contributed by atoms with Gasteiger partial charge in [-0.15, -0.1) is 0 Å². The summed E-state index contributed by atoms with van der Waals surface area (Å²) >= 11 is 0. The number of benzene rings is 3. The summed E-state index contributed by atoms with van der Waals surface area (Å²) in [6.07, 6.45) is 3.42. The number of hydrogen-bond donors (Lipinski definition) is 1. The molecule has 0 aliphatic heterocycles. The fourth-order valence-corrected chi connectivity index (χ4v) is 4.23. The highest BCUT2D eigenvalue weighted by Crippen LogP contribution is 2.38. The van der Waals surface area contributed by atoms with E-state index in [2.05, 4.69) is 50.4 Å². The molecule has 4 aromatic rings. The molecular weight excluding hydrogens is 422 g/mol. The Morgan fingerprint density at radius 3 is 2.44 bits per heavy atom. The van der Waals surface area contributed by atoms with E-state index in [-0.39, 0.29) is 5.91 Å². The maximum atomic E-state index is 12.8. The monoisotopic (exact) mass is 453 g/mol. The van der Waals surface area contributed by atoms with Gasteiger partial charge in [-0.05, 0) is 87.6 Å². The molecule has 0 saturated heterocycles. The summed E-state index contributed by atoms with van der Waals surface area (Å²) in [6.45, 7) is 12.7. The van der Waals surface area contributed by atoms with Gasteiger partial charge in [0.25, 0.3) is 0 Å². The van der Waals surface area contributed by atoms with Crippen LogP contribution in [0.5, 0.6) is 5.75 Å². The zero-order valence-corrected chi connectivity index (χ0v) is 20.7. The third kappa shape index (κ3) is 4.76. The van der Waals surface area contributed by atoms with Crippen molar-refractivity contribution in [2.45, 2.75) is 41.5 Å². The van der Waals surface area contributed by atoms with E-state index in [0.29, 0.717) is 12.4 Å². The minimum Gasteiger partial charge on any atom is -0.493 e. The van der Waals surface area contributed by atoms with E-state index in [1.54, 1.807) is 12.3 Å². The van der Waals surface area contributed by atoms with Crippen molar-refractivity contribution in [1.82, 2.24) is 0 Å². The van der Waals surface area contributed by atoms with Crippen LogP contribution in [0.2, 0.25) is 0 Å². The minimum atomic E-state index is -0.176. The lowest BCUT2D eigenvalue weighted by molar-refractivity contribution is -0.111. The van der Waals surface area contributed by atoms with E-state index < -0.39 is 0 Å². The number of allylic oxidation sites excluding steroid dienone is 1. The van der Waals surface area contributed by atoms with Gasteiger partial charge in [-0.1, -0.05) is 29.8 Å². The summed E-state index contributed by atoms with van der Waals surface area (Å²) in [4.78, 5) is 12.8. The second kappa shape index (κ2) is 9.60. The predicted octanol–water partition coefficient (Wildman–Crippen LogP) is 7.77. The number of carbonyl (C=O) groups excluding carboxylic acids is 1. The number of anilines is 1. The second-order valence-corrected chi connectivity index (χ2v) is 8.86. The molecule has 1 amide bonds. The molecule has 0 aliphatic carbocycles. The number of fused-ring (bicyclic) bond motifs is 1. The van der Waals surface area contributed by atoms with Gasteiger partial charge in [-0.2, -0.15) is 0 Å². The fourth-order valence-electron chi connectivity index (χ4n) is 4.23. The molecule has 0 unspecified atom stereocenters. The lowest BCUT2D eigenvalue weighted by Crippen LogP contribution is -2.09. The number of aryl methyl sites for hydroxylation is 4. The zero-order chi connectivity index (χ0) is 24.4. The Kier molecular flexibility index (Phi) is 6.60. The molecule has 4 rings (SSSR count). The average molecular weight is 454 g/mol. The van der Waals surface area contributed by atoms with Gasteiger partial charge >= 0.3 is 0 Å². The second-order valence-electron chi connectivity index (χ2n) is 8.86. The first-order valence-electron chi connectivity index (χ1n) is 11.6. The Hall–Kier alpha value is -3.79. The molecule has 0 fully saturated rings. The third-order valence-electron chi connectivity index (χ3n) is 6.19. The van der Waals surface area contributed by atoms with Crippen LogP contribution in [0, 0.1) is 27.7 Å². The van der Waals surface area contributed by atoms with Crippen LogP contribution in [0.1, 0.15) is 41.7 Å². The Morgan fingerprint density at radius 2 is 1.74 bits per heavy atom. The number of carbonyl (C=O) groups is 1. The van der Waals surface area contributed by atoms with E-state index in [0.717, 1.165) is 44.5 Å². The average Bonchev–Trinajstić information content (AvgIpc) is 3.18. The molecule has 3 aromatic carbocycles. The predicted molar refractivity (Wildman–Crippen MR) is 140 cm³/mol. The zero-order valence-electron chi connectivity index (χ0n) is 20.7. The molecule has 4 heteroatoms. The van der Waals surface area contributed by atoms with Crippen molar-refractivity contribution in [2.75, 3.05) is 11.9 Å². The molecule has 1 aromatic heterocycles. The van der Waals surface area contributed by atoms with Crippen LogP contribution in [0.3, 0.4) is 0 Å². The summed E-state index contributed by atoms with van der Waals surface area (Å²) in [6, 6.07) is 16.3. The van der Waals surface area contributed by atoms with Crippen molar-refractivity contribution in [2.24, 2.45) is 0 Å². The smallest absolute Gasteiger partial charge is 0.248 e. The van der Waals surface area contributed by atoms with Crippen molar-refractivity contribution in [1.29, 1.82) is 0 Å². The van der Waals surface area contributed by atoms with Gasteiger partial charge in [0.15, 0.2) is 0 Å². The first-order valence-corrected chi connectivity index (χ1v) is 11.6. The van der Waals surface area contributed by atoms with Gasteiger partial charge in [0.05, 0.1) is 12.9 Å². The maximum Gasteiger partial charge on any atom is 0.248 e. The van der Waals surface area contributed by atoms with Crippen LogP contribution in [0.4, 0.5) is 5.69 Å². The largest absolute Gasteiger partial charge is 0.493 e. The van der Waals surface area contributed by atoms with Crippen LogP contribution in [-0.4, -0.2) is 12.5 Å². The van der Waals surface area contributed by atoms with Crippen molar-refractivity contribution in [3.63, 3.8) is 0 Å². The number of furan rings is 1. The van der Waals surface area contributed by atoms with E-state index in [1.807, 2.05) is 45.0 Å². The molecule has 0 spiro atoms. The van der Waals surface area contributed by atoms with Crippen molar-refractivity contribution in [3.05, 3.63) is 88.7 Å². The van der Waals surface area contributed by atoms with Gasteiger partial charge in [0.2, 0.25) is 5.91 Å². The number of rotatable bonds is 6. The van der Waals surface area contributed by atoms with Gasteiger partial charge in [0, 0.05) is 34.3 Å². The molecule has 0 aliphatic rings. The summed E-state index contributed by atoms with van der Waals surface area (Å²) in [5.74, 6) is 0.523. The van der Waals surface area contributed by atoms with Crippen LogP contribution in [0.15, 0.2) is 65.3 Å². The van der Waals surface area contributed by atoms with Crippen molar-refractivity contribution < 1.29 is 13.9 Å². The van der Waals surface area contributed by atoms with Crippen molar-refractivity contribution >= 4 is 28.1 Å². The summed E-state index contributed by atoms with van der Waals surface area (Å²) in [5.41, 5.74) is 10.1. The molecule has 1 heterocycles. The minimum absolute atomic E-state index is 0.176. The molecule has 0 bridgehead atoms. The van der Waals surface area contributed by atoms with Gasteiger partial charge in [-0.25, -0.2) is 0 Å². The van der Waals surface area contributed by atoms with Crippen LogP contribution < -0.4 is 10.1 Å². The number of amides is 1. The SMILES string of the molecule is CCOc1cc2occ(-c3ccc(C)cc3C)c2cc1/C(C)=C/C(=O)Nc1ccc(C)c(C)c1. The quantitative estimate of drug-likeness (QED) is 0.303. The van der Waals surface area contributed by atoms with Crippen LogP contribution in [0.25, 0.3) is 27.7 Å². The normalized spacial score (nSPS) is 11.6. The molecule has 34 heavy (non-hydrogen) atoms. The van der Waals surface area contributed by atoms with E-state index in [4.69, 9.17) is 9.15 Å². The molecule has 0 atom stereocenters. The summed E-state index contributed by atoms with van der Waals surface area (Å²) in [5, 5.41) is 3.96. The highest BCUT2D eigenvalue weighted by atomic mass is 16.5. The number of nitrogens with one attached hydrogen (secondary N) is 1. The topological polar surface area (TPSA) is 51.5 Å². The maximum absolute atomic E-state index is 12.8. The summed E-state index contributed by atoms with van der Waals surface area (Å²) < 4.78 is 11.8.